The lowest BCUT2D eigenvalue weighted by Gasteiger charge is -2.29. The Kier molecular flexibility index (Phi) is 6.98. The number of halogens is 1. The van der Waals surface area contributed by atoms with Gasteiger partial charge in [-0.05, 0) is 6.92 Å². The van der Waals surface area contributed by atoms with E-state index in [-0.39, 0.29) is 0 Å². The average Bonchev–Trinajstić information content (AvgIpc) is 2.21. The summed E-state index contributed by atoms with van der Waals surface area (Å²) in [6.45, 7) is 3.68. The van der Waals surface area contributed by atoms with Crippen molar-refractivity contribution in [3.8, 4) is 0 Å². The molecule has 0 radical (unpaired) electrons. The maximum Gasteiger partial charge on any atom is 0.303 e. The van der Waals surface area contributed by atoms with Crippen LogP contribution in [0.5, 0.6) is 0 Å². The Morgan fingerprint density at radius 2 is 1.59 bits per heavy atom. The topological polar surface area (TPSA) is 89.9 Å². The molecule has 0 aliphatic heterocycles. The van der Waals surface area contributed by atoms with Crippen LogP contribution in [0.4, 0.5) is 0 Å². The van der Waals surface area contributed by atoms with Crippen molar-refractivity contribution in [3.05, 3.63) is 0 Å². The van der Waals surface area contributed by atoms with Crippen molar-refractivity contribution in [1.82, 2.24) is 0 Å². The minimum Gasteiger partial charge on any atom is -0.457 e. The fourth-order valence-corrected chi connectivity index (χ4v) is 1.62. The van der Waals surface area contributed by atoms with E-state index < -0.39 is 35.1 Å². The molecule has 7 heteroatoms. The smallest absolute Gasteiger partial charge is 0.303 e. The van der Waals surface area contributed by atoms with E-state index in [1.807, 2.05) is 0 Å². The number of esters is 2. The zero-order valence-electron chi connectivity index (χ0n) is 9.75. The van der Waals surface area contributed by atoms with Gasteiger partial charge in [-0.25, -0.2) is 0 Å². The lowest BCUT2D eigenvalue weighted by atomic mass is 10.1. The number of aldehydes is 1. The molecule has 0 aliphatic carbocycles. The first kappa shape index (κ1) is 16.1. The molecule has 0 heterocycles. The van der Waals surface area contributed by atoms with Gasteiger partial charge in [0.15, 0.2) is 12.2 Å². The standard InChI is InChI=1S/C10H15BrO6/c1-5(13)9(16-6(2)14)10(8(11)4-12)17-7(3)15/h4-5,8-10,13H,1-3H3/t5-,8+,9+,10-/m0/s1. The molecular weight excluding hydrogens is 296 g/mol. The van der Waals surface area contributed by atoms with Gasteiger partial charge in [-0.2, -0.15) is 0 Å². The Morgan fingerprint density at radius 1 is 1.18 bits per heavy atom. The van der Waals surface area contributed by atoms with Gasteiger partial charge < -0.3 is 19.4 Å². The third-order valence-electron chi connectivity index (χ3n) is 1.85. The number of alkyl halides is 1. The zero-order chi connectivity index (χ0) is 13.6. The van der Waals surface area contributed by atoms with Gasteiger partial charge in [0.25, 0.3) is 0 Å². The van der Waals surface area contributed by atoms with E-state index in [0.29, 0.717) is 6.29 Å². The van der Waals surface area contributed by atoms with Crippen LogP contribution in [0.3, 0.4) is 0 Å². The summed E-state index contributed by atoms with van der Waals surface area (Å²) in [5.41, 5.74) is 0. The van der Waals surface area contributed by atoms with E-state index in [2.05, 4.69) is 15.9 Å². The highest BCUT2D eigenvalue weighted by Crippen LogP contribution is 2.18. The number of ether oxygens (including phenoxy) is 2. The van der Waals surface area contributed by atoms with E-state index in [1.54, 1.807) is 0 Å². The molecule has 0 unspecified atom stereocenters. The van der Waals surface area contributed by atoms with Crippen LogP contribution in [0.1, 0.15) is 20.8 Å². The Bertz CT molecular complexity index is 291. The largest absolute Gasteiger partial charge is 0.457 e. The van der Waals surface area contributed by atoms with Gasteiger partial charge >= 0.3 is 11.9 Å². The quantitative estimate of drug-likeness (QED) is 0.428. The number of aliphatic hydroxyl groups excluding tert-OH is 1. The maximum atomic E-state index is 10.9. The summed E-state index contributed by atoms with van der Waals surface area (Å²) >= 11 is 2.98. The minimum absolute atomic E-state index is 0.493. The molecule has 0 aromatic heterocycles. The monoisotopic (exact) mass is 310 g/mol. The molecule has 0 aromatic rings. The molecule has 0 aliphatic rings. The van der Waals surface area contributed by atoms with Crippen molar-refractivity contribution >= 4 is 34.2 Å². The molecular formula is C10H15BrO6. The summed E-state index contributed by atoms with van der Waals surface area (Å²) in [6.07, 6.45) is -2.77. The summed E-state index contributed by atoms with van der Waals surface area (Å²) in [4.78, 5) is 31.6. The fraction of sp³-hybridized carbons (Fsp3) is 0.700. The first-order valence-electron chi connectivity index (χ1n) is 4.91. The van der Waals surface area contributed by atoms with Crippen LogP contribution in [0.25, 0.3) is 0 Å². The van der Waals surface area contributed by atoms with Crippen LogP contribution in [-0.4, -0.2) is 46.5 Å². The van der Waals surface area contributed by atoms with E-state index in [0.717, 1.165) is 13.8 Å². The van der Waals surface area contributed by atoms with Crippen LogP contribution in [0, 0.1) is 0 Å². The molecule has 0 saturated heterocycles. The lowest BCUT2D eigenvalue weighted by Crippen LogP contribution is -2.47. The maximum absolute atomic E-state index is 10.9. The molecule has 0 aromatic carbocycles. The van der Waals surface area contributed by atoms with Gasteiger partial charge in [-0.3, -0.25) is 9.59 Å². The van der Waals surface area contributed by atoms with Crippen LogP contribution in [-0.2, 0) is 23.9 Å². The summed E-state index contributed by atoms with van der Waals surface area (Å²) < 4.78 is 9.72. The van der Waals surface area contributed by atoms with Crippen molar-refractivity contribution < 1.29 is 29.0 Å². The van der Waals surface area contributed by atoms with Crippen LogP contribution in [0.15, 0.2) is 0 Å². The first-order chi connectivity index (χ1) is 7.79. The molecule has 0 fully saturated rings. The number of rotatable bonds is 6. The summed E-state index contributed by atoms with van der Waals surface area (Å²) in [5, 5.41) is 9.48. The molecule has 17 heavy (non-hydrogen) atoms. The van der Waals surface area contributed by atoms with Gasteiger partial charge in [-0.1, -0.05) is 15.9 Å². The molecule has 4 atom stereocenters. The highest BCUT2D eigenvalue weighted by atomic mass is 79.9. The van der Waals surface area contributed by atoms with E-state index >= 15 is 0 Å². The highest BCUT2D eigenvalue weighted by molar-refractivity contribution is 9.10. The van der Waals surface area contributed by atoms with Crippen molar-refractivity contribution in [3.63, 3.8) is 0 Å². The van der Waals surface area contributed by atoms with E-state index in [9.17, 15) is 19.5 Å². The van der Waals surface area contributed by atoms with Gasteiger partial charge in [0.05, 0.1) is 6.10 Å². The zero-order valence-corrected chi connectivity index (χ0v) is 11.3. The van der Waals surface area contributed by atoms with Gasteiger partial charge in [-0.15, -0.1) is 0 Å². The molecule has 0 amide bonds. The molecule has 6 nitrogen and oxygen atoms in total. The summed E-state index contributed by atoms with van der Waals surface area (Å²) in [7, 11) is 0. The van der Waals surface area contributed by atoms with E-state index in [4.69, 9.17) is 9.47 Å². The number of hydrogen-bond donors (Lipinski definition) is 1. The van der Waals surface area contributed by atoms with Crippen LogP contribution < -0.4 is 0 Å². The molecule has 0 saturated carbocycles. The number of aliphatic hydroxyl groups is 1. The minimum atomic E-state index is -1.11. The second-order valence-corrected chi connectivity index (χ2v) is 4.53. The van der Waals surface area contributed by atoms with E-state index in [1.165, 1.54) is 6.92 Å². The van der Waals surface area contributed by atoms with Gasteiger partial charge in [0.1, 0.15) is 11.1 Å². The Hall–Kier alpha value is -0.950. The Labute approximate surface area is 107 Å². The predicted molar refractivity (Wildman–Crippen MR) is 61.6 cm³/mol. The second-order valence-electron chi connectivity index (χ2n) is 3.47. The van der Waals surface area contributed by atoms with Crippen molar-refractivity contribution in [2.75, 3.05) is 0 Å². The van der Waals surface area contributed by atoms with Crippen molar-refractivity contribution in [2.45, 2.75) is 43.9 Å². The highest BCUT2D eigenvalue weighted by Gasteiger charge is 2.36. The lowest BCUT2D eigenvalue weighted by molar-refractivity contribution is -0.173. The van der Waals surface area contributed by atoms with Crippen LogP contribution >= 0.6 is 15.9 Å². The summed E-state index contributed by atoms with van der Waals surface area (Å²) in [6, 6.07) is 0. The predicted octanol–water partition coefficient (Wildman–Crippen LogP) is 0.193. The number of carbonyl (C=O) groups is 3. The Balaban J connectivity index is 4.98. The molecule has 0 rings (SSSR count). The second kappa shape index (κ2) is 7.39. The first-order valence-corrected chi connectivity index (χ1v) is 5.83. The summed E-state index contributed by atoms with van der Waals surface area (Å²) in [5.74, 6) is -1.28. The van der Waals surface area contributed by atoms with Crippen molar-refractivity contribution in [1.29, 1.82) is 0 Å². The third-order valence-corrected chi connectivity index (χ3v) is 2.58. The normalized spacial score (nSPS) is 17.5. The van der Waals surface area contributed by atoms with Crippen LogP contribution in [0.2, 0.25) is 0 Å². The number of hydrogen-bond acceptors (Lipinski definition) is 6. The molecule has 98 valence electrons. The van der Waals surface area contributed by atoms with Crippen molar-refractivity contribution in [2.24, 2.45) is 0 Å². The fourth-order valence-electron chi connectivity index (χ4n) is 1.21. The molecule has 0 bridgehead atoms. The number of carbonyl (C=O) groups excluding carboxylic acids is 3. The van der Waals surface area contributed by atoms with Gasteiger partial charge in [0, 0.05) is 13.8 Å². The van der Waals surface area contributed by atoms with Gasteiger partial charge in [0.2, 0.25) is 0 Å². The molecule has 0 spiro atoms. The Morgan fingerprint density at radius 3 is 1.88 bits per heavy atom. The third kappa shape index (κ3) is 5.78. The molecule has 1 N–H and O–H groups in total. The average molecular weight is 311 g/mol. The SMILES string of the molecule is CC(=O)O[C@H]([C@H](OC(C)=O)[C@H](C)O)[C@H](Br)C=O.